The summed E-state index contributed by atoms with van der Waals surface area (Å²) in [6.45, 7) is 6.54. The number of carbonyl (C=O) groups excluding carboxylic acids is 1. The average Bonchev–Trinajstić information content (AvgIpc) is 2.78. The van der Waals surface area contributed by atoms with E-state index in [0.29, 0.717) is 31.3 Å². The van der Waals surface area contributed by atoms with Gasteiger partial charge in [0.05, 0.1) is 0 Å². The first kappa shape index (κ1) is 26.1. The second kappa shape index (κ2) is 14.1. The lowest BCUT2D eigenvalue weighted by atomic mass is 10.1. The number of guanidine groups is 1. The molecule has 3 rings (SSSR count). The molecule has 1 fully saturated rings. The molecule has 0 bridgehead atoms. The molecule has 2 heterocycles. The van der Waals surface area contributed by atoms with E-state index >= 15 is 0 Å². The molecule has 0 aliphatic carbocycles. The van der Waals surface area contributed by atoms with Crippen LogP contribution < -0.4 is 16.0 Å². The highest BCUT2D eigenvalue weighted by Crippen LogP contribution is 2.13. The van der Waals surface area contributed by atoms with E-state index in [1.165, 1.54) is 43.5 Å². The van der Waals surface area contributed by atoms with E-state index in [1.54, 1.807) is 13.1 Å². The van der Waals surface area contributed by atoms with Gasteiger partial charge in [0.2, 0.25) is 5.91 Å². The number of anilines is 1. The average molecular weight is 550 g/mol. The maximum Gasteiger partial charge on any atom is 0.227 e. The summed E-state index contributed by atoms with van der Waals surface area (Å²) in [5.41, 5.74) is 3.44. The number of nitrogens with one attached hydrogen (secondary N) is 3. The highest BCUT2D eigenvalue weighted by atomic mass is 127. The molecule has 2 aromatic rings. The predicted octanol–water partition coefficient (Wildman–Crippen LogP) is 3.69. The van der Waals surface area contributed by atoms with Gasteiger partial charge in [-0.25, -0.2) is 4.98 Å². The van der Waals surface area contributed by atoms with E-state index in [4.69, 9.17) is 0 Å². The maximum absolute atomic E-state index is 12.1. The van der Waals surface area contributed by atoms with E-state index in [0.717, 1.165) is 12.2 Å². The molecule has 0 radical (unpaired) electrons. The quantitative estimate of drug-likeness (QED) is 0.266. The van der Waals surface area contributed by atoms with Crippen LogP contribution in [0.2, 0.25) is 0 Å². The summed E-state index contributed by atoms with van der Waals surface area (Å²) in [6.07, 6.45) is 4.34. The normalized spacial score (nSPS) is 14.4. The van der Waals surface area contributed by atoms with Gasteiger partial charge >= 0.3 is 0 Å². The van der Waals surface area contributed by atoms with Crippen molar-refractivity contribution in [1.82, 2.24) is 20.5 Å². The molecule has 1 amide bonds. The number of hydrogen-bond acceptors (Lipinski definition) is 4. The summed E-state index contributed by atoms with van der Waals surface area (Å²) in [7, 11) is 1.73. The number of halogens is 1. The number of benzene rings is 1. The van der Waals surface area contributed by atoms with Crippen LogP contribution in [0.4, 0.5) is 5.82 Å². The minimum Gasteiger partial charge on any atom is -0.356 e. The standard InChI is InChI=1S/C24H34N6O.HI/c1-19-7-6-8-22(28-19)29-23(31)13-14-26-24(25-2)27-17-20-9-11-21(12-10-20)18-30-15-4-3-5-16-30;/h6-12H,3-5,13-18H2,1-2H3,(H2,25,26,27)(H,28,29,31);1H. The van der Waals surface area contributed by atoms with Gasteiger partial charge in [-0.2, -0.15) is 0 Å². The molecule has 32 heavy (non-hydrogen) atoms. The SMILES string of the molecule is CN=C(NCCC(=O)Nc1cccc(C)n1)NCc1ccc(CN2CCCCC2)cc1.I. The summed E-state index contributed by atoms with van der Waals surface area (Å²) in [6, 6.07) is 14.3. The van der Waals surface area contributed by atoms with Crippen molar-refractivity contribution in [3.8, 4) is 0 Å². The van der Waals surface area contributed by atoms with Crippen molar-refractivity contribution in [3.63, 3.8) is 0 Å². The molecule has 3 N–H and O–H groups in total. The number of aryl methyl sites for hydroxylation is 1. The van der Waals surface area contributed by atoms with Crippen LogP contribution in [0.5, 0.6) is 0 Å². The Balaban J connectivity index is 0.00000363. The van der Waals surface area contributed by atoms with Crippen molar-refractivity contribution < 1.29 is 4.79 Å². The Kier molecular flexibility index (Phi) is 11.4. The summed E-state index contributed by atoms with van der Waals surface area (Å²) < 4.78 is 0. The Bertz CT molecular complexity index is 865. The number of hydrogen-bond donors (Lipinski definition) is 3. The van der Waals surface area contributed by atoms with Gasteiger partial charge in [-0.1, -0.05) is 36.8 Å². The van der Waals surface area contributed by atoms with Crippen LogP contribution >= 0.6 is 24.0 Å². The lowest BCUT2D eigenvalue weighted by molar-refractivity contribution is -0.116. The first-order valence-electron chi connectivity index (χ1n) is 11.1. The summed E-state index contributed by atoms with van der Waals surface area (Å²) in [4.78, 5) is 23.1. The number of likely N-dealkylation sites (tertiary alicyclic amines) is 1. The van der Waals surface area contributed by atoms with Crippen molar-refractivity contribution >= 4 is 41.7 Å². The zero-order valence-electron chi connectivity index (χ0n) is 19.1. The molecule has 7 nitrogen and oxygen atoms in total. The van der Waals surface area contributed by atoms with E-state index in [1.807, 2.05) is 19.1 Å². The largest absolute Gasteiger partial charge is 0.356 e. The smallest absolute Gasteiger partial charge is 0.227 e. The molecule has 0 atom stereocenters. The van der Waals surface area contributed by atoms with Gasteiger partial charge in [0, 0.05) is 38.8 Å². The molecular formula is C24H35IN6O. The van der Waals surface area contributed by atoms with Crippen molar-refractivity contribution in [2.24, 2.45) is 4.99 Å². The minimum atomic E-state index is -0.0784. The number of carbonyl (C=O) groups is 1. The number of nitrogens with zero attached hydrogens (tertiary/aromatic N) is 3. The van der Waals surface area contributed by atoms with E-state index in [2.05, 4.69) is 55.1 Å². The molecule has 8 heteroatoms. The van der Waals surface area contributed by atoms with E-state index < -0.39 is 0 Å². The van der Waals surface area contributed by atoms with Gasteiger partial charge in [0.15, 0.2) is 5.96 Å². The van der Waals surface area contributed by atoms with Gasteiger partial charge in [-0.3, -0.25) is 14.7 Å². The first-order chi connectivity index (χ1) is 15.1. The number of aliphatic imine (C=N–C) groups is 1. The van der Waals surface area contributed by atoms with Crippen molar-refractivity contribution in [2.75, 3.05) is 32.0 Å². The van der Waals surface area contributed by atoms with Gasteiger partial charge < -0.3 is 16.0 Å². The second-order valence-corrected chi connectivity index (χ2v) is 7.97. The maximum atomic E-state index is 12.1. The van der Waals surface area contributed by atoms with Gasteiger partial charge in [0.25, 0.3) is 0 Å². The lowest BCUT2D eigenvalue weighted by Crippen LogP contribution is -2.38. The monoisotopic (exact) mass is 550 g/mol. The van der Waals surface area contributed by atoms with Crippen LogP contribution in [0.15, 0.2) is 47.5 Å². The Labute approximate surface area is 208 Å². The van der Waals surface area contributed by atoms with Crippen LogP contribution in [0.25, 0.3) is 0 Å². The highest BCUT2D eigenvalue weighted by molar-refractivity contribution is 14.0. The zero-order chi connectivity index (χ0) is 21.9. The minimum absolute atomic E-state index is 0. The topological polar surface area (TPSA) is 81.6 Å². The number of aromatic nitrogens is 1. The first-order valence-corrected chi connectivity index (χ1v) is 11.1. The Morgan fingerprint density at radius 3 is 2.44 bits per heavy atom. The number of piperidine rings is 1. The zero-order valence-corrected chi connectivity index (χ0v) is 21.4. The fraction of sp³-hybridized carbons (Fsp3) is 0.458. The third-order valence-electron chi connectivity index (χ3n) is 5.36. The number of amides is 1. The molecule has 0 spiro atoms. The highest BCUT2D eigenvalue weighted by Gasteiger charge is 2.10. The van der Waals surface area contributed by atoms with Gasteiger partial charge in [-0.15, -0.1) is 24.0 Å². The Morgan fingerprint density at radius 1 is 1.03 bits per heavy atom. The molecule has 1 aliphatic heterocycles. The molecule has 0 saturated carbocycles. The molecule has 174 valence electrons. The third kappa shape index (κ3) is 9.12. The summed E-state index contributed by atoms with van der Waals surface area (Å²) >= 11 is 0. The van der Waals surface area contributed by atoms with E-state index in [9.17, 15) is 4.79 Å². The van der Waals surface area contributed by atoms with Gasteiger partial charge in [-0.05, 0) is 56.1 Å². The fourth-order valence-electron chi connectivity index (χ4n) is 3.66. The van der Waals surface area contributed by atoms with Crippen LogP contribution in [0, 0.1) is 6.92 Å². The van der Waals surface area contributed by atoms with Crippen LogP contribution in [0.3, 0.4) is 0 Å². The second-order valence-electron chi connectivity index (χ2n) is 7.97. The molecule has 1 aromatic carbocycles. The summed E-state index contributed by atoms with van der Waals surface area (Å²) in [5, 5.41) is 9.30. The van der Waals surface area contributed by atoms with E-state index in [-0.39, 0.29) is 29.9 Å². The van der Waals surface area contributed by atoms with Crippen molar-refractivity contribution in [2.45, 2.75) is 45.7 Å². The van der Waals surface area contributed by atoms with Gasteiger partial charge in [0.1, 0.15) is 5.82 Å². The van der Waals surface area contributed by atoms with Crippen molar-refractivity contribution in [1.29, 1.82) is 0 Å². The van der Waals surface area contributed by atoms with Crippen LogP contribution in [-0.2, 0) is 17.9 Å². The van der Waals surface area contributed by atoms with Crippen molar-refractivity contribution in [3.05, 3.63) is 59.3 Å². The summed E-state index contributed by atoms with van der Waals surface area (Å²) in [5.74, 6) is 1.18. The predicted molar refractivity (Wildman–Crippen MR) is 141 cm³/mol. The Hall–Kier alpha value is -2.20. The Morgan fingerprint density at radius 2 is 1.75 bits per heavy atom. The molecule has 0 unspecified atom stereocenters. The van der Waals surface area contributed by atoms with Crippen LogP contribution in [0.1, 0.15) is 42.5 Å². The number of rotatable bonds is 8. The molecule has 1 aromatic heterocycles. The fourth-order valence-corrected chi connectivity index (χ4v) is 3.66. The molecule has 1 aliphatic rings. The molecule has 1 saturated heterocycles. The molecular weight excluding hydrogens is 515 g/mol. The number of pyridine rings is 1. The lowest BCUT2D eigenvalue weighted by Gasteiger charge is -2.26. The van der Waals surface area contributed by atoms with Crippen LogP contribution in [-0.4, -0.2) is 48.4 Å². The third-order valence-corrected chi connectivity index (χ3v) is 5.36.